The number of pyridine rings is 2. The molecule has 3 aliphatic rings. The van der Waals surface area contributed by atoms with E-state index in [1.807, 2.05) is 6.92 Å². The molecular weight excluding hydrogens is 397 g/mol. The highest BCUT2D eigenvalue weighted by molar-refractivity contribution is 5.89. The fourth-order valence-electron chi connectivity index (χ4n) is 5.63. The van der Waals surface area contributed by atoms with Gasteiger partial charge in [0.15, 0.2) is 5.82 Å². The minimum atomic E-state index is -1.26. The zero-order valence-corrected chi connectivity index (χ0v) is 18.1. The molecule has 2 aromatic rings. The van der Waals surface area contributed by atoms with Gasteiger partial charge in [0.05, 0.1) is 17.4 Å². The average molecular weight is 428 g/mol. The summed E-state index contributed by atoms with van der Waals surface area (Å²) < 4.78 is 16.5. The van der Waals surface area contributed by atoms with E-state index in [2.05, 4.69) is 9.80 Å². The molecule has 0 amide bonds. The highest BCUT2D eigenvalue weighted by Gasteiger charge is 2.32. The first-order valence-corrected chi connectivity index (χ1v) is 11.6. The summed E-state index contributed by atoms with van der Waals surface area (Å²) in [7, 11) is 0. The van der Waals surface area contributed by atoms with Crippen molar-refractivity contribution in [3.05, 3.63) is 45.1 Å². The van der Waals surface area contributed by atoms with E-state index in [-0.39, 0.29) is 11.5 Å². The lowest BCUT2D eigenvalue weighted by atomic mass is 9.98. The van der Waals surface area contributed by atoms with E-state index in [9.17, 15) is 14.7 Å². The second-order valence-corrected chi connectivity index (χ2v) is 9.38. The van der Waals surface area contributed by atoms with E-state index < -0.39 is 17.3 Å². The van der Waals surface area contributed by atoms with Gasteiger partial charge in [0, 0.05) is 19.1 Å². The number of hydrogen-bond acceptors (Lipinski definition) is 4. The number of aryl methyl sites for hydroxylation is 1. The van der Waals surface area contributed by atoms with Crippen molar-refractivity contribution in [2.75, 3.05) is 31.1 Å². The first kappa shape index (κ1) is 20.5. The van der Waals surface area contributed by atoms with Crippen LogP contribution in [0.3, 0.4) is 0 Å². The molecule has 1 N–H and O–H groups in total. The van der Waals surface area contributed by atoms with E-state index >= 15 is 4.39 Å². The van der Waals surface area contributed by atoms with Crippen LogP contribution in [0.2, 0.25) is 0 Å². The molecule has 1 saturated carbocycles. The van der Waals surface area contributed by atoms with Crippen LogP contribution < -0.4 is 10.5 Å². The van der Waals surface area contributed by atoms with Gasteiger partial charge < -0.3 is 14.9 Å². The van der Waals surface area contributed by atoms with Gasteiger partial charge in [0.25, 0.3) is 5.56 Å². The Morgan fingerprint density at radius 3 is 2.35 bits per heavy atom. The monoisotopic (exact) mass is 427 g/mol. The first-order chi connectivity index (χ1) is 15.0. The van der Waals surface area contributed by atoms with Gasteiger partial charge in [0.2, 0.25) is 0 Å². The number of fused-ring (bicyclic) bond motifs is 1. The summed E-state index contributed by atoms with van der Waals surface area (Å²) in [5, 5.41) is 9.46. The van der Waals surface area contributed by atoms with E-state index in [0.717, 1.165) is 49.9 Å². The molecule has 0 atom stereocenters. The Labute approximate surface area is 181 Å². The van der Waals surface area contributed by atoms with Crippen molar-refractivity contribution in [1.82, 2.24) is 9.30 Å². The Morgan fingerprint density at radius 1 is 1.06 bits per heavy atom. The summed E-state index contributed by atoms with van der Waals surface area (Å²) in [4.78, 5) is 29.1. The number of anilines is 1. The minimum Gasteiger partial charge on any atom is -0.477 e. The van der Waals surface area contributed by atoms with Crippen LogP contribution in [-0.4, -0.2) is 52.6 Å². The Kier molecular flexibility index (Phi) is 5.24. The van der Waals surface area contributed by atoms with Gasteiger partial charge in [-0.25, -0.2) is 9.18 Å². The van der Waals surface area contributed by atoms with Crippen molar-refractivity contribution in [1.29, 1.82) is 0 Å². The lowest BCUT2D eigenvalue weighted by Gasteiger charge is -2.41. The van der Waals surface area contributed by atoms with Gasteiger partial charge in [-0.1, -0.05) is 6.42 Å². The van der Waals surface area contributed by atoms with Gasteiger partial charge in [0.1, 0.15) is 5.56 Å². The largest absolute Gasteiger partial charge is 0.477 e. The third kappa shape index (κ3) is 3.63. The van der Waals surface area contributed by atoms with Crippen LogP contribution in [0.5, 0.6) is 0 Å². The second kappa shape index (κ2) is 7.93. The molecule has 5 rings (SSSR count). The average Bonchev–Trinajstić information content (AvgIpc) is 3.61. The van der Waals surface area contributed by atoms with Crippen LogP contribution in [0, 0.1) is 12.7 Å². The molecule has 1 aliphatic carbocycles. The van der Waals surface area contributed by atoms with Crippen LogP contribution >= 0.6 is 0 Å². The number of piperidine rings is 2. The van der Waals surface area contributed by atoms with Gasteiger partial charge in [-0.3, -0.25) is 9.20 Å². The number of aromatic nitrogens is 1. The van der Waals surface area contributed by atoms with Gasteiger partial charge >= 0.3 is 5.97 Å². The predicted molar refractivity (Wildman–Crippen MR) is 118 cm³/mol. The van der Waals surface area contributed by atoms with Crippen LogP contribution in [-0.2, 0) is 0 Å². The van der Waals surface area contributed by atoms with E-state index in [1.54, 1.807) is 0 Å². The lowest BCUT2D eigenvalue weighted by Crippen LogP contribution is -2.47. The fraction of sp³-hybridized carbons (Fsp3) is 0.583. The standard InChI is InChI=1S/C24H30FN3O3/c1-15-21-18(16-5-6-16)13-19(24(30)31)23(29)28(21)14-20(25)22(15)27-11-7-17(8-12-27)26-9-3-2-4-10-26/h13-14,16-17H,2-12H2,1H3,(H,30,31). The molecule has 0 spiro atoms. The summed E-state index contributed by atoms with van der Waals surface area (Å²) in [6.45, 7) is 5.81. The second-order valence-electron chi connectivity index (χ2n) is 9.38. The van der Waals surface area contributed by atoms with Crippen molar-refractivity contribution < 1.29 is 14.3 Å². The fourth-order valence-corrected chi connectivity index (χ4v) is 5.63. The van der Waals surface area contributed by atoms with Gasteiger partial charge in [-0.15, -0.1) is 0 Å². The zero-order valence-electron chi connectivity index (χ0n) is 18.1. The van der Waals surface area contributed by atoms with Gasteiger partial charge in [-0.05, 0) is 81.6 Å². The smallest absolute Gasteiger partial charge is 0.341 e. The van der Waals surface area contributed by atoms with Crippen LogP contribution in [0.15, 0.2) is 17.1 Å². The van der Waals surface area contributed by atoms with Crippen molar-refractivity contribution in [2.45, 2.75) is 63.8 Å². The normalized spacial score (nSPS) is 21.0. The number of carboxylic acid groups (broad SMARTS) is 1. The molecule has 3 fully saturated rings. The number of halogens is 1. The van der Waals surface area contributed by atoms with Crippen LogP contribution in [0.25, 0.3) is 5.52 Å². The maximum Gasteiger partial charge on any atom is 0.341 e. The molecule has 2 aromatic heterocycles. The number of likely N-dealkylation sites (tertiary alicyclic amines) is 1. The molecule has 6 nitrogen and oxygen atoms in total. The van der Waals surface area contributed by atoms with E-state index in [1.165, 1.54) is 49.0 Å². The SMILES string of the molecule is Cc1c(N2CCC(N3CCCCC3)CC2)c(F)cn2c(=O)c(C(=O)O)cc(C3CC3)c12. The highest BCUT2D eigenvalue weighted by atomic mass is 19.1. The van der Waals surface area contributed by atoms with Crippen molar-refractivity contribution in [2.24, 2.45) is 0 Å². The number of aromatic carboxylic acids is 1. The molecular formula is C24H30FN3O3. The van der Waals surface area contributed by atoms with Crippen LogP contribution in [0.4, 0.5) is 10.1 Å². The number of carboxylic acids is 1. The summed E-state index contributed by atoms with van der Waals surface area (Å²) in [6, 6.07) is 2.10. The number of rotatable bonds is 4. The highest BCUT2D eigenvalue weighted by Crippen LogP contribution is 2.44. The minimum absolute atomic E-state index is 0.246. The molecule has 2 saturated heterocycles. The number of carbonyl (C=O) groups is 1. The molecule has 166 valence electrons. The molecule has 2 aliphatic heterocycles. The van der Waals surface area contributed by atoms with Crippen LogP contribution in [0.1, 0.15) is 72.3 Å². The third-order valence-corrected chi connectivity index (χ3v) is 7.38. The summed E-state index contributed by atoms with van der Waals surface area (Å²) >= 11 is 0. The Bertz CT molecular complexity index is 1080. The molecule has 0 aromatic carbocycles. The quantitative estimate of drug-likeness (QED) is 0.805. The molecule has 0 unspecified atom stereocenters. The van der Waals surface area contributed by atoms with Gasteiger partial charge in [-0.2, -0.15) is 0 Å². The van der Waals surface area contributed by atoms with Crippen molar-refractivity contribution in [3.63, 3.8) is 0 Å². The molecule has 31 heavy (non-hydrogen) atoms. The van der Waals surface area contributed by atoms with Crippen molar-refractivity contribution in [3.8, 4) is 0 Å². The van der Waals surface area contributed by atoms with E-state index in [0.29, 0.717) is 17.2 Å². The summed E-state index contributed by atoms with van der Waals surface area (Å²) in [5.41, 5.74) is 1.91. The third-order valence-electron chi connectivity index (χ3n) is 7.38. The van der Waals surface area contributed by atoms with E-state index in [4.69, 9.17) is 0 Å². The maximum atomic E-state index is 15.3. The molecule has 0 radical (unpaired) electrons. The molecule has 4 heterocycles. The summed E-state index contributed by atoms with van der Waals surface area (Å²) in [6.07, 6.45) is 9.05. The molecule has 0 bridgehead atoms. The predicted octanol–water partition coefficient (Wildman–Crippen LogP) is 3.78. The summed E-state index contributed by atoms with van der Waals surface area (Å²) in [5.74, 6) is -1.47. The topological polar surface area (TPSA) is 65.3 Å². The van der Waals surface area contributed by atoms with Crippen molar-refractivity contribution >= 4 is 17.2 Å². The lowest BCUT2D eigenvalue weighted by molar-refractivity contribution is 0.0694. The number of nitrogens with zero attached hydrogens (tertiary/aromatic N) is 3. The Morgan fingerprint density at radius 2 is 1.74 bits per heavy atom. The Hall–Kier alpha value is -2.41. The Balaban J connectivity index is 1.51. The maximum absolute atomic E-state index is 15.3. The number of hydrogen-bond donors (Lipinski definition) is 1. The first-order valence-electron chi connectivity index (χ1n) is 11.6. The molecule has 7 heteroatoms. The zero-order chi connectivity index (χ0) is 21.7.